The number of aromatic nitrogens is 2. The molecule has 28 heavy (non-hydrogen) atoms. The van der Waals surface area contributed by atoms with Gasteiger partial charge in [0.15, 0.2) is 11.5 Å². The normalized spacial score (nSPS) is 23.9. The van der Waals surface area contributed by atoms with Gasteiger partial charge in [-0.1, -0.05) is 0 Å². The minimum atomic E-state index is -0.506. The summed E-state index contributed by atoms with van der Waals surface area (Å²) in [4.78, 5) is 32.9. The molecule has 2 fully saturated rings. The Morgan fingerprint density at radius 1 is 1.21 bits per heavy atom. The van der Waals surface area contributed by atoms with E-state index in [1.165, 1.54) is 6.33 Å². The second-order valence-electron chi connectivity index (χ2n) is 8.48. The Kier molecular flexibility index (Phi) is 4.44. The molecular formula is C20H25N3O5. The number of fused-ring (bicyclic) bond motifs is 3. The largest absolute Gasteiger partial charge is 0.493 e. The van der Waals surface area contributed by atoms with Crippen LogP contribution in [-0.2, 0) is 4.74 Å². The molecule has 1 unspecified atom stereocenters. The SMILES string of the molecule is COc1cc2nc[nH]c(=O)c2cc1OC1[C@@H]2C[C@H]1CN(C(=O)OC(C)(C)C)C2. The summed E-state index contributed by atoms with van der Waals surface area (Å²) in [7, 11) is 1.56. The number of rotatable bonds is 3. The van der Waals surface area contributed by atoms with Crippen molar-refractivity contribution in [2.24, 2.45) is 11.8 Å². The van der Waals surface area contributed by atoms with Crippen LogP contribution in [0.15, 0.2) is 23.3 Å². The van der Waals surface area contributed by atoms with Gasteiger partial charge in [-0.15, -0.1) is 0 Å². The highest BCUT2D eigenvalue weighted by Crippen LogP contribution is 2.44. The lowest BCUT2D eigenvalue weighted by Gasteiger charge is -2.52. The van der Waals surface area contributed by atoms with Crippen molar-refractivity contribution < 1.29 is 19.0 Å². The molecule has 1 aromatic heterocycles. The van der Waals surface area contributed by atoms with E-state index in [1.807, 2.05) is 20.8 Å². The molecule has 1 amide bonds. The molecule has 2 aliphatic rings. The minimum absolute atomic E-state index is 0.0132. The van der Waals surface area contributed by atoms with Crippen LogP contribution in [0.25, 0.3) is 10.9 Å². The van der Waals surface area contributed by atoms with Gasteiger partial charge in [0, 0.05) is 31.0 Å². The predicted octanol–water partition coefficient (Wildman–Crippen LogP) is 2.57. The van der Waals surface area contributed by atoms with Crippen molar-refractivity contribution in [3.63, 3.8) is 0 Å². The van der Waals surface area contributed by atoms with Crippen LogP contribution in [0.5, 0.6) is 11.5 Å². The number of ether oxygens (including phenoxy) is 3. The standard InChI is InChI=1S/C20H25N3O5/c1-20(2,3)28-19(25)23-8-11-5-12(9-23)17(11)27-16-6-13-14(7-15(16)26-4)21-10-22-18(13)24/h6-7,10-12,17H,5,8-9H2,1-4H3,(H,21,22,24)/t11-,12+,17?. The maximum absolute atomic E-state index is 12.3. The van der Waals surface area contributed by atoms with Gasteiger partial charge in [-0.2, -0.15) is 0 Å². The molecule has 1 saturated carbocycles. The molecule has 0 spiro atoms. The van der Waals surface area contributed by atoms with Gasteiger partial charge >= 0.3 is 6.09 Å². The highest BCUT2D eigenvalue weighted by Gasteiger charge is 2.50. The molecule has 8 nitrogen and oxygen atoms in total. The zero-order valence-electron chi connectivity index (χ0n) is 16.5. The fourth-order valence-electron chi connectivity index (χ4n) is 3.99. The molecule has 1 aliphatic carbocycles. The number of carbonyl (C=O) groups is 1. The molecule has 1 aliphatic heterocycles. The summed E-state index contributed by atoms with van der Waals surface area (Å²) >= 11 is 0. The van der Waals surface area contributed by atoms with E-state index in [0.717, 1.165) is 6.42 Å². The first-order chi connectivity index (χ1) is 13.2. The number of aromatic amines is 1. The molecule has 1 N–H and O–H groups in total. The number of piperidine rings is 2. The number of methoxy groups -OCH3 is 1. The Hall–Kier alpha value is -2.77. The zero-order valence-corrected chi connectivity index (χ0v) is 16.5. The van der Waals surface area contributed by atoms with Crippen LogP contribution in [0.4, 0.5) is 4.79 Å². The van der Waals surface area contributed by atoms with Crippen LogP contribution in [0.1, 0.15) is 27.2 Å². The number of amides is 1. The third kappa shape index (κ3) is 3.39. The molecule has 3 atom stereocenters. The van der Waals surface area contributed by atoms with Gasteiger partial charge in [-0.05, 0) is 33.3 Å². The lowest BCUT2D eigenvalue weighted by atomic mass is 9.68. The molecular weight excluding hydrogens is 362 g/mol. The molecule has 2 heterocycles. The van der Waals surface area contributed by atoms with E-state index in [1.54, 1.807) is 24.1 Å². The maximum Gasteiger partial charge on any atom is 0.410 e. The Morgan fingerprint density at radius 2 is 1.93 bits per heavy atom. The molecule has 2 aromatic rings. The van der Waals surface area contributed by atoms with Crippen LogP contribution in [-0.4, -0.2) is 52.9 Å². The van der Waals surface area contributed by atoms with Crippen molar-refractivity contribution in [2.75, 3.05) is 20.2 Å². The number of likely N-dealkylation sites (tertiary alicyclic amines) is 1. The summed E-state index contributed by atoms with van der Waals surface area (Å²) in [6, 6.07) is 3.39. The van der Waals surface area contributed by atoms with E-state index in [0.29, 0.717) is 35.5 Å². The van der Waals surface area contributed by atoms with Gasteiger partial charge in [0.1, 0.15) is 11.7 Å². The number of carbonyl (C=O) groups excluding carboxylic acids is 1. The Morgan fingerprint density at radius 3 is 2.57 bits per heavy atom. The molecule has 2 bridgehead atoms. The first-order valence-corrected chi connectivity index (χ1v) is 9.45. The fraction of sp³-hybridized carbons (Fsp3) is 0.550. The summed E-state index contributed by atoms with van der Waals surface area (Å²) in [6.07, 6.45) is 2.09. The first kappa shape index (κ1) is 18.6. The van der Waals surface area contributed by atoms with Gasteiger partial charge in [0.05, 0.1) is 24.3 Å². The quantitative estimate of drug-likeness (QED) is 0.870. The average molecular weight is 387 g/mol. The third-order valence-electron chi connectivity index (χ3n) is 5.29. The van der Waals surface area contributed by atoms with Crippen LogP contribution in [0.3, 0.4) is 0 Å². The number of hydrogen-bond donors (Lipinski definition) is 1. The zero-order chi connectivity index (χ0) is 20.1. The van der Waals surface area contributed by atoms with Crippen molar-refractivity contribution in [3.05, 3.63) is 28.8 Å². The molecule has 1 saturated heterocycles. The third-order valence-corrected chi connectivity index (χ3v) is 5.29. The summed E-state index contributed by atoms with van der Waals surface area (Å²) in [5.41, 5.74) is -0.172. The highest BCUT2D eigenvalue weighted by molar-refractivity contribution is 5.81. The summed E-state index contributed by atoms with van der Waals surface area (Å²) < 4.78 is 17.2. The lowest BCUT2D eigenvalue weighted by Crippen LogP contribution is -2.62. The maximum atomic E-state index is 12.3. The van der Waals surface area contributed by atoms with E-state index in [2.05, 4.69) is 9.97 Å². The van der Waals surface area contributed by atoms with Crippen molar-refractivity contribution in [1.82, 2.24) is 14.9 Å². The Balaban J connectivity index is 1.50. The smallest absolute Gasteiger partial charge is 0.410 e. The van der Waals surface area contributed by atoms with E-state index in [9.17, 15) is 9.59 Å². The average Bonchev–Trinajstić information content (AvgIpc) is 2.64. The number of benzene rings is 1. The molecule has 0 radical (unpaired) electrons. The van der Waals surface area contributed by atoms with Crippen LogP contribution >= 0.6 is 0 Å². The van der Waals surface area contributed by atoms with E-state index >= 15 is 0 Å². The first-order valence-electron chi connectivity index (χ1n) is 9.45. The monoisotopic (exact) mass is 387 g/mol. The van der Waals surface area contributed by atoms with Crippen molar-refractivity contribution in [1.29, 1.82) is 0 Å². The van der Waals surface area contributed by atoms with E-state index in [4.69, 9.17) is 14.2 Å². The van der Waals surface area contributed by atoms with Gasteiger partial charge in [0.25, 0.3) is 5.56 Å². The topological polar surface area (TPSA) is 93.7 Å². The number of H-pyrrole nitrogens is 1. The second kappa shape index (κ2) is 6.68. The van der Waals surface area contributed by atoms with Gasteiger partial charge in [0.2, 0.25) is 0 Å². The minimum Gasteiger partial charge on any atom is -0.493 e. The fourth-order valence-corrected chi connectivity index (χ4v) is 3.99. The highest BCUT2D eigenvalue weighted by atomic mass is 16.6. The lowest BCUT2D eigenvalue weighted by molar-refractivity contribution is -0.0934. The van der Waals surface area contributed by atoms with E-state index < -0.39 is 5.60 Å². The van der Waals surface area contributed by atoms with Crippen LogP contribution in [0.2, 0.25) is 0 Å². The summed E-state index contributed by atoms with van der Waals surface area (Å²) in [5, 5.41) is 0.457. The van der Waals surface area contributed by atoms with Crippen molar-refractivity contribution >= 4 is 17.0 Å². The molecule has 150 valence electrons. The van der Waals surface area contributed by atoms with Crippen molar-refractivity contribution in [2.45, 2.75) is 38.9 Å². The predicted molar refractivity (Wildman–Crippen MR) is 103 cm³/mol. The summed E-state index contributed by atoms with van der Waals surface area (Å²) in [5.74, 6) is 1.54. The number of nitrogens with one attached hydrogen (secondary N) is 1. The number of nitrogens with zero attached hydrogens (tertiary/aromatic N) is 2. The van der Waals surface area contributed by atoms with Crippen molar-refractivity contribution in [3.8, 4) is 11.5 Å². The summed E-state index contributed by atoms with van der Waals surface area (Å²) in [6.45, 7) is 6.81. The Bertz CT molecular complexity index is 952. The molecule has 1 aromatic carbocycles. The van der Waals surface area contributed by atoms with Crippen LogP contribution in [0, 0.1) is 11.8 Å². The van der Waals surface area contributed by atoms with Crippen LogP contribution < -0.4 is 15.0 Å². The molecule has 8 heteroatoms. The van der Waals surface area contributed by atoms with Gasteiger partial charge in [-0.25, -0.2) is 9.78 Å². The molecule has 4 rings (SSSR count). The number of hydrogen-bond acceptors (Lipinski definition) is 6. The van der Waals surface area contributed by atoms with Gasteiger partial charge in [-0.3, -0.25) is 4.79 Å². The Labute approximate surface area is 162 Å². The second-order valence-corrected chi connectivity index (χ2v) is 8.48. The van der Waals surface area contributed by atoms with Gasteiger partial charge < -0.3 is 24.1 Å². The van der Waals surface area contributed by atoms with E-state index in [-0.39, 0.29) is 29.6 Å².